The Kier molecular flexibility index (Phi) is 2.74. The summed E-state index contributed by atoms with van der Waals surface area (Å²) in [5, 5.41) is 3.92. The number of hydrogen-bond donors (Lipinski definition) is 3. The number of para-hydroxylation sites is 1. The first-order chi connectivity index (χ1) is 7.66. The van der Waals surface area contributed by atoms with Gasteiger partial charge in [0.25, 0.3) is 5.91 Å². The zero-order chi connectivity index (χ0) is 11.5. The molecule has 0 aliphatic carbocycles. The summed E-state index contributed by atoms with van der Waals surface area (Å²) < 4.78 is 0. The number of carbonyl (C=O) groups excluding carboxylic acids is 1. The maximum Gasteiger partial charge on any atom is 0.270 e. The van der Waals surface area contributed by atoms with Gasteiger partial charge >= 0.3 is 0 Å². The number of hydrogen-bond acceptors (Lipinski definition) is 5. The molecule has 0 saturated carbocycles. The van der Waals surface area contributed by atoms with Gasteiger partial charge in [-0.1, -0.05) is 29.5 Å². The Labute approximate surface area is 96.1 Å². The number of benzene rings is 1. The molecule has 1 heterocycles. The van der Waals surface area contributed by atoms with Crippen molar-refractivity contribution in [2.24, 2.45) is 5.73 Å². The van der Waals surface area contributed by atoms with Crippen molar-refractivity contribution in [3.63, 3.8) is 0 Å². The molecular formula is C10H10N4OS. The minimum Gasteiger partial charge on any atom is -0.389 e. The highest BCUT2D eigenvalue weighted by atomic mass is 32.1. The molecule has 0 aliphatic rings. The second-order valence-corrected chi connectivity index (χ2v) is 4.12. The lowest BCUT2D eigenvalue weighted by Gasteiger charge is -1.99. The molecule has 1 aromatic carbocycles. The number of thiazole rings is 1. The van der Waals surface area contributed by atoms with Crippen LogP contribution in [0.4, 0.5) is 15.8 Å². The number of nitrogens with zero attached hydrogens (tertiary/aromatic N) is 1. The number of nitrogens with two attached hydrogens (primary N) is 2. The van der Waals surface area contributed by atoms with Gasteiger partial charge in [0.2, 0.25) is 0 Å². The highest BCUT2D eigenvalue weighted by Gasteiger charge is 2.12. The molecule has 0 radical (unpaired) electrons. The van der Waals surface area contributed by atoms with E-state index in [1.54, 1.807) is 0 Å². The van der Waals surface area contributed by atoms with Gasteiger partial charge in [-0.05, 0) is 12.1 Å². The highest BCUT2D eigenvalue weighted by molar-refractivity contribution is 7.19. The van der Waals surface area contributed by atoms with Crippen molar-refractivity contribution in [2.75, 3.05) is 11.1 Å². The van der Waals surface area contributed by atoms with Gasteiger partial charge in [-0.3, -0.25) is 4.79 Å². The molecule has 0 bridgehead atoms. The third kappa shape index (κ3) is 2.12. The van der Waals surface area contributed by atoms with E-state index in [0.29, 0.717) is 10.1 Å². The van der Waals surface area contributed by atoms with Crippen LogP contribution in [0.3, 0.4) is 0 Å². The van der Waals surface area contributed by atoms with Gasteiger partial charge in [0.15, 0.2) is 10.8 Å². The summed E-state index contributed by atoms with van der Waals surface area (Å²) in [6, 6.07) is 9.49. The Balaban J connectivity index is 2.23. The molecule has 0 atom stereocenters. The van der Waals surface area contributed by atoms with Crippen molar-refractivity contribution in [1.29, 1.82) is 0 Å². The number of primary amides is 1. The summed E-state index contributed by atoms with van der Waals surface area (Å²) >= 11 is 1.19. The molecule has 6 heteroatoms. The number of carbonyl (C=O) groups is 1. The van der Waals surface area contributed by atoms with Crippen LogP contribution in [-0.4, -0.2) is 10.9 Å². The molecule has 1 aromatic heterocycles. The van der Waals surface area contributed by atoms with Crippen molar-refractivity contribution in [1.82, 2.24) is 4.98 Å². The standard InChI is InChI=1S/C10H10N4OS/c11-8(15)7-9(12)16-10(14-7)13-6-4-2-1-3-5-6/h1-5H,12H2,(H2,11,15)(H,13,14). The van der Waals surface area contributed by atoms with E-state index in [0.717, 1.165) is 5.69 Å². The molecule has 0 unspecified atom stereocenters. The smallest absolute Gasteiger partial charge is 0.270 e. The summed E-state index contributed by atoms with van der Waals surface area (Å²) in [5.41, 5.74) is 11.7. The van der Waals surface area contributed by atoms with Gasteiger partial charge in [0, 0.05) is 5.69 Å². The van der Waals surface area contributed by atoms with Crippen LogP contribution in [-0.2, 0) is 0 Å². The summed E-state index contributed by atoms with van der Waals surface area (Å²) in [7, 11) is 0. The molecule has 16 heavy (non-hydrogen) atoms. The van der Waals surface area contributed by atoms with Crippen LogP contribution in [0.25, 0.3) is 0 Å². The molecule has 82 valence electrons. The number of rotatable bonds is 3. The van der Waals surface area contributed by atoms with Crippen LogP contribution in [0, 0.1) is 0 Å². The minimum absolute atomic E-state index is 0.114. The van der Waals surface area contributed by atoms with Crippen LogP contribution in [0.5, 0.6) is 0 Å². The maximum atomic E-state index is 10.9. The number of nitrogen functional groups attached to an aromatic ring is 1. The maximum absolute atomic E-state index is 10.9. The Hall–Kier alpha value is -2.08. The lowest BCUT2D eigenvalue weighted by atomic mass is 10.3. The molecular weight excluding hydrogens is 224 g/mol. The first-order valence-corrected chi connectivity index (χ1v) is 5.36. The van der Waals surface area contributed by atoms with Crippen molar-refractivity contribution in [2.45, 2.75) is 0 Å². The first kappa shape index (κ1) is 10.4. The van der Waals surface area contributed by atoms with E-state index in [4.69, 9.17) is 11.5 Å². The van der Waals surface area contributed by atoms with Crippen molar-refractivity contribution >= 4 is 33.1 Å². The zero-order valence-electron chi connectivity index (χ0n) is 8.31. The van der Waals surface area contributed by atoms with E-state index in [1.165, 1.54) is 11.3 Å². The number of amides is 1. The predicted octanol–water partition coefficient (Wildman–Crippen LogP) is 1.57. The lowest BCUT2D eigenvalue weighted by Crippen LogP contribution is -2.13. The molecule has 0 fully saturated rings. The van der Waals surface area contributed by atoms with Crippen LogP contribution in [0.15, 0.2) is 30.3 Å². The van der Waals surface area contributed by atoms with Gasteiger partial charge in [-0.25, -0.2) is 4.98 Å². The van der Waals surface area contributed by atoms with E-state index < -0.39 is 5.91 Å². The Bertz CT molecular complexity index is 509. The van der Waals surface area contributed by atoms with Crippen LogP contribution in [0.1, 0.15) is 10.5 Å². The van der Waals surface area contributed by atoms with Crippen molar-refractivity contribution in [3.05, 3.63) is 36.0 Å². The van der Waals surface area contributed by atoms with E-state index in [-0.39, 0.29) is 5.69 Å². The fourth-order valence-electron chi connectivity index (χ4n) is 1.21. The molecule has 2 aromatic rings. The first-order valence-electron chi connectivity index (χ1n) is 4.55. The van der Waals surface area contributed by atoms with Gasteiger partial charge in [-0.15, -0.1) is 0 Å². The molecule has 0 spiro atoms. The van der Waals surface area contributed by atoms with Gasteiger partial charge in [0.05, 0.1) is 0 Å². The molecule has 1 amide bonds. The molecule has 0 saturated heterocycles. The van der Waals surface area contributed by atoms with Gasteiger partial charge < -0.3 is 16.8 Å². The van der Waals surface area contributed by atoms with Crippen LogP contribution >= 0.6 is 11.3 Å². The molecule has 5 N–H and O–H groups in total. The highest BCUT2D eigenvalue weighted by Crippen LogP contribution is 2.27. The van der Waals surface area contributed by atoms with E-state index >= 15 is 0 Å². The fourth-order valence-corrected chi connectivity index (χ4v) is 1.96. The second-order valence-electron chi connectivity index (χ2n) is 3.09. The Morgan fingerprint density at radius 2 is 2.00 bits per heavy atom. The van der Waals surface area contributed by atoms with Crippen LogP contribution < -0.4 is 16.8 Å². The third-order valence-corrected chi connectivity index (χ3v) is 2.71. The SMILES string of the molecule is NC(=O)c1nc(Nc2ccccc2)sc1N. The largest absolute Gasteiger partial charge is 0.389 e. The number of nitrogens with one attached hydrogen (secondary N) is 1. The summed E-state index contributed by atoms with van der Waals surface area (Å²) in [6.07, 6.45) is 0. The monoisotopic (exact) mass is 234 g/mol. The topological polar surface area (TPSA) is 94.0 Å². The average molecular weight is 234 g/mol. The van der Waals surface area contributed by atoms with E-state index in [1.807, 2.05) is 30.3 Å². The van der Waals surface area contributed by atoms with Crippen molar-refractivity contribution < 1.29 is 4.79 Å². The molecule has 0 aliphatic heterocycles. The second kappa shape index (κ2) is 4.19. The third-order valence-electron chi connectivity index (χ3n) is 1.91. The number of aromatic nitrogens is 1. The normalized spacial score (nSPS) is 10.0. The predicted molar refractivity (Wildman–Crippen MR) is 64.8 cm³/mol. The average Bonchev–Trinajstić information content (AvgIpc) is 2.61. The van der Waals surface area contributed by atoms with Crippen LogP contribution in [0.2, 0.25) is 0 Å². The molecule has 2 rings (SSSR count). The molecule has 5 nitrogen and oxygen atoms in total. The van der Waals surface area contributed by atoms with E-state index in [2.05, 4.69) is 10.3 Å². The number of anilines is 3. The van der Waals surface area contributed by atoms with Gasteiger partial charge in [0.1, 0.15) is 5.00 Å². The van der Waals surface area contributed by atoms with E-state index in [9.17, 15) is 4.79 Å². The Morgan fingerprint density at radius 1 is 1.31 bits per heavy atom. The minimum atomic E-state index is -0.616. The van der Waals surface area contributed by atoms with Gasteiger partial charge in [-0.2, -0.15) is 0 Å². The Morgan fingerprint density at radius 3 is 2.56 bits per heavy atom. The van der Waals surface area contributed by atoms with Crippen molar-refractivity contribution in [3.8, 4) is 0 Å². The lowest BCUT2D eigenvalue weighted by molar-refractivity contribution is 0.0997. The summed E-state index contributed by atoms with van der Waals surface area (Å²) in [5.74, 6) is -0.616. The zero-order valence-corrected chi connectivity index (χ0v) is 9.12. The summed E-state index contributed by atoms with van der Waals surface area (Å²) in [4.78, 5) is 15.0. The quantitative estimate of drug-likeness (QED) is 0.751. The fraction of sp³-hybridized carbons (Fsp3) is 0. The summed E-state index contributed by atoms with van der Waals surface area (Å²) in [6.45, 7) is 0.